The number of carbonyl (C=O) groups is 2. The summed E-state index contributed by atoms with van der Waals surface area (Å²) in [5, 5.41) is 9.90. The topological polar surface area (TPSA) is 66.8 Å². The number of likely N-dealkylation sites (tertiary alicyclic amines) is 1. The molecule has 1 unspecified atom stereocenters. The minimum Gasteiger partial charge on any atom is -0.494 e. The Hall–Kier alpha value is -2.24. The molecule has 182 valence electrons. The molecule has 2 aliphatic rings. The van der Waals surface area contributed by atoms with Gasteiger partial charge in [-0.3, -0.25) is 9.59 Å². The molecule has 1 heterocycles. The van der Waals surface area contributed by atoms with Crippen molar-refractivity contribution in [3.05, 3.63) is 52.0 Å². The van der Waals surface area contributed by atoms with E-state index in [9.17, 15) is 9.59 Å². The average molecular weight is 504 g/mol. The lowest BCUT2D eigenvalue weighted by molar-refractivity contribution is -0.137. The van der Waals surface area contributed by atoms with E-state index in [1.807, 2.05) is 36.4 Å². The first-order valence-electron chi connectivity index (χ1n) is 12.2. The molecule has 2 aromatic rings. The van der Waals surface area contributed by atoms with Gasteiger partial charge in [-0.2, -0.15) is 0 Å². The molecule has 2 aromatic carbocycles. The highest BCUT2D eigenvalue weighted by Crippen LogP contribution is 2.39. The minimum atomic E-state index is -0.826. The first-order chi connectivity index (χ1) is 16.4. The third-order valence-electron chi connectivity index (χ3n) is 6.97. The van der Waals surface area contributed by atoms with Crippen LogP contribution in [-0.2, 0) is 16.0 Å². The van der Waals surface area contributed by atoms with Gasteiger partial charge in [-0.05, 0) is 61.4 Å². The second-order valence-corrected chi connectivity index (χ2v) is 10.1. The van der Waals surface area contributed by atoms with Gasteiger partial charge in [0.1, 0.15) is 5.75 Å². The minimum absolute atomic E-state index is 0.0752. The van der Waals surface area contributed by atoms with Crippen molar-refractivity contribution in [1.82, 2.24) is 4.90 Å². The van der Waals surface area contributed by atoms with Crippen molar-refractivity contribution in [2.45, 2.75) is 63.8 Å². The number of carboxylic acids is 1. The highest BCUT2D eigenvalue weighted by molar-refractivity contribution is 6.37. The highest BCUT2D eigenvalue weighted by atomic mass is 35.5. The van der Waals surface area contributed by atoms with Crippen LogP contribution in [0.5, 0.6) is 5.75 Å². The van der Waals surface area contributed by atoms with Crippen molar-refractivity contribution < 1.29 is 19.4 Å². The number of amides is 1. The molecule has 1 aliphatic heterocycles. The van der Waals surface area contributed by atoms with E-state index < -0.39 is 5.97 Å². The van der Waals surface area contributed by atoms with Crippen LogP contribution < -0.4 is 4.74 Å². The highest BCUT2D eigenvalue weighted by Gasteiger charge is 2.36. The molecule has 2 fully saturated rings. The Morgan fingerprint density at radius 3 is 2.47 bits per heavy atom. The van der Waals surface area contributed by atoms with Crippen LogP contribution >= 0.6 is 23.2 Å². The van der Waals surface area contributed by atoms with Crippen LogP contribution in [0.15, 0.2) is 36.4 Å². The van der Waals surface area contributed by atoms with E-state index in [2.05, 4.69) is 4.90 Å². The van der Waals surface area contributed by atoms with Crippen LogP contribution in [-0.4, -0.2) is 41.1 Å². The summed E-state index contributed by atoms with van der Waals surface area (Å²) in [6, 6.07) is 11.7. The third-order valence-corrected chi connectivity index (χ3v) is 7.76. The predicted octanol–water partition coefficient (Wildman–Crippen LogP) is 6.63. The van der Waals surface area contributed by atoms with E-state index in [4.69, 9.17) is 33.0 Å². The molecule has 0 radical (unpaired) electrons. The Labute approximate surface area is 211 Å². The van der Waals surface area contributed by atoms with Gasteiger partial charge >= 0.3 is 5.97 Å². The Kier molecular flexibility index (Phi) is 8.38. The van der Waals surface area contributed by atoms with Gasteiger partial charge in [0.05, 0.1) is 11.6 Å². The van der Waals surface area contributed by atoms with Crippen LogP contribution in [0.1, 0.15) is 56.9 Å². The lowest BCUT2D eigenvalue weighted by Crippen LogP contribution is -2.39. The fourth-order valence-electron chi connectivity index (χ4n) is 5.11. The zero-order valence-corrected chi connectivity index (χ0v) is 20.8. The second-order valence-electron chi connectivity index (χ2n) is 9.27. The molecule has 1 saturated carbocycles. The fraction of sp³-hybridized carbons (Fsp3) is 0.481. The first-order valence-corrected chi connectivity index (χ1v) is 12.9. The monoisotopic (exact) mass is 503 g/mol. The van der Waals surface area contributed by atoms with Gasteiger partial charge < -0.3 is 14.7 Å². The van der Waals surface area contributed by atoms with Crippen molar-refractivity contribution in [2.24, 2.45) is 5.92 Å². The van der Waals surface area contributed by atoms with Crippen LogP contribution in [0.4, 0.5) is 0 Å². The maximum atomic E-state index is 13.2. The summed E-state index contributed by atoms with van der Waals surface area (Å²) in [5.41, 5.74) is 2.63. The number of aliphatic carboxylic acids is 1. The van der Waals surface area contributed by atoms with Crippen LogP contribution in [0.3, 0.4) is 0 Å². The molecule has 0 bridgehead atoms. The maximum absolute atomic E-state index is 13.2. The van der Waals surface area contributed by atoms with Gasteiger partial charge in [-0.1, -0.05) is 60.7 Å². The third kappa shape index (κ3) is 5.87. The summed E-state index contributed by atoms with van der Waals surface area (Å²) >= 11 is 13.4. The Morgan fingerprint density at radius 2 is 1.76 bits per heavy atom. The molecule has 1 aliphatic carbocycles. The lowest BCUT2D eigenvalue weighted by Gasteiger charge is -2.31. The van der Waals surface area contributed by atoms with Gasteiger partial charge in [-0.25, -0.2) is 0 Å². The number of carboxylic acid groups (broad SMARTS) is 1. The first kappa shape index (κ1) is 24.9. The Balaban J connectivity index is 1.44. The molecular formula is C27H31Cl2NO4. The Bertz CT molecular complexity index is 1020. The van der Waals surface area contributed by atoms with Crippen LogP contribution in [0.2, 0.25) is 10.0 Å². The van der Waals surface area contributed by atoms with Gasteiger partial charge in [0.2, 0.25) is 5.91 Å². The van der Waals surface area contributed by atoms with E-state index in [-0.39, 0.29) is 18.2 Å². The lowest BCUT2D eigenvalue weighted by atomic mass is 9.93. The van der Waals surface area contributed by atoms with E-state index >= 15 is 0 Å². The number of rotatable bonds is 9. The summed E-state index contributed by atoms with van der Waals surface area (Å²) in [5.74, 6) is 0.0227. The summed E-state index contributed by atoms with van der Waals surface area (Å²) in [7, 11) is 0. The van der Waals surface area contributed by atoms with Gasteiger partial charge in [-0.15, -0.1) is 0 Å². The van der Waals surface area contributed by atoms with E-state index in [1.165, 1.54) is 19.3 Å². The summed E-state index contributed by atoms with van der Waals surface area (Å²) in [4.78, 5) is 25.9. The number of hydrogen-bond donors (Lipinski definition) is 1. The summed E-state index contributed by atoms with van der Waals surface area (Å²) in [6.45, 7) is 1.18. The number of benzene rings is 2. The summed E-state index contributed by atoms with van der Waals surface area (Å²) < 4.78 is 5.62. The predicted molar refractivity (Wildman–Crippen MR) is 135 cm³/mol. The number of ether oxygens (including phenoxy) is 1. The number of carbonyl (C=O) groups excluding carboxylic acids is 1. The number of hydrogen-bond acceptors (Lipinski definition) is 3. The van der Waals surface area contributed by atoms with Crippen molar-refractivity contribution in [1.29, 1.82) is 0 Å². The summed E-state index contributed by atoms with van der Waals surface area (Å²) in [6.07, 6.45) is 7.89. The normalized spacial score (nSPS) is 18.9. The van der Waals surface area contributed by atoms with Crippen molar-refractivity contribution >= 4 is 35.1 Å². The molecule has 1 N–H and O–H groups in total. The Morgan fingerprint density at radius 1 is 1.03 bits per heavy atom. The largest absolute Gasteiger partial charge is 0.494 e. The number of halogens is 2. The molecule has 5 nitrogen and oxygen atoms in total. The molecule has 34 heavy (non-hydrogen) atoms. The van der Waals surface area contributed by atoms with Crippen molar-refractivity contribution in [2.75, 3.05) is 13.2 Å². The van der Waals surface area contributed by atoms with Gasteiger partial charge in [0.15, 0.2) is 0 Å². The standard InChI is InChI=1S/C27H31Cl2NO4/c28-24-13-12-22(18-8-10-21(11-9-18)34-16-4-7-25(31)32)26(29)23(24)17-19-14-15-30(27(19)33)20-5-2-1-3-6-20/h8-13,19-20H,1-7,14-17H2,(H,31,32). The van der Waals surface area contributed by atoms with E-state index in [0.717, 1.165) is 42.5 Å². The van der Waals surface area contributed by atoms with Crippen LogP contribution in [0.25, 0.3) is 11.1 Å². The second kappa shape index (κ2) is 11.5. The molecule has 7 heteroatoms. The van der Waals surface area contributed by atoms with Gasteiger partial charge in [0, 0.05) is 35.5 Å². The average Bonchev–Trinajstić information content (AvgIpc) is 3.20. The molecule has 0 aromatic heterocycles. The van der Waals surface area contributed by atoms with E-state index in [1.54, 1.807) is 0 Å². The number of nitrogens with zero attached hydrogens (tertiary/aromatic N) is 1. The molecule has 1 saturated heterocycles. The smallest absolute Gasteiger partial charge is 0.303 e. The SMILES string of the molecule is O=C(O)CCCOc1ccc(-c2ccc(Cl)c(CC3CCN(C4CCCCC4)C3=O)c2Cl)cc1. The quantitative estimate of drug-likeness (QED) is 0.390. The van der Waals surface area contributed by atoms with Gasteiger partial charge in [0.25, 0.3) is 0 Å². The van der Waals surface area contributed by atoms with Crippen molar-refractivity contribution in [3.8, 4) is 16.9 Å². The molecule has 4 rings (SSSR count). The molecule has 1 atom stereocenters. The molecular weight excluding hydrogens is 473 g/mol. The molecule has 1 amide bonds. The maximum Gasteiger partial charge on any atom is 0.303 e. The zero-order chi connectivity index (χ0) is 24.1. The van der Waals surface area contributed by atoms with Crippen LogP contribution in [0, 0.1) is 5.92 Å². The van der Waals surface area contributed by atoms with E-state index in [0.29, 0.717) is 41.3 Å². The van der Waals surface area contributed by atoms with Crippen molar-refractivity contribution in [3.63, 3.8) is 0 Å². The zero-order valence-electron chi connectivity index (χ0n) is 19.3. The molecule has 0 spiro atoms. The fourth-order valence-corrected chi connectivity index (χ4v) is 5.74.